The molecule has 0 radical (unpaired) electrons. The van der Waals surface area contributed by atoms with E-state index in [0.29, 0.717) is 17.0 Å². The van der Waals surface area contributed by atoms with Gasteiger partial charge in [-0.3, -0.25) is 15.1 Å². The van der Waals surface area contributed by atoms with Crippen molar-refractivity contribution in [1.29, 1.82) is 0 Å². The molecule has 3 heterocycles. The van der Waals surface area contributed by atoms with Crippen LogP contribution in [0, 0.1) is 0 Å². The fourth-order valence-corrected chi connectivity index (χ4v) is 3.88. The zero-order valence-corrected chi connectivity index (χ0v) is 14.3. The number of rotatable bonds is 4. The number of thiocarbonyl (C=S) groups is 1. The maximum absolute atomic E-state index is 12.4. The zero-order valence-electron chi connectivity index (χ0n) is 12.7. The van der Waals surface area contributed by atoms with E-state index >= 15 is 0 Å². The van der Waals surface area contributed by atoms with Gasteiger partial charge in [0.15, 0.2) is 5.76 Å². The van der Waals surface area contributed by atoms with Crippen LogP contribution in [0.25, 0.3) is 11.0 Å². The van der Waals surface area contributed by atoms with Crippen LogP contribution < -0.4 is 5.32 Å². The van der Waals surface area contributed by atoms with Crippen molar-refractivity contribution in [3.05, 3.63) is 65.7 Å². The predicted octanol–water partition coefficient (Wildman–Crippen LogP) is 3.59. The van der Waals surface area contributed by atoms with Crippen LogP contribution in [0.3, 0.4) is 0 Å². The number of benzene rings is 1. The van der Waals surface area contributed by atoms with Crippen molar-refractivity contribution < 1.29 is 9.21 Å². The van der Waals surface area contributed by atoms with Gasteiger partial charge in [-0.1, -0.05) is 24.4 Å². The summed E-state index contributed by atoms with van der Waals surface area (Å²) in [4.78, 5) is 16.5. The average Bonchev–Trinajstić information content (AvgIpc) is 3.21. The standard InChI is InChI=1S/C18H14N2O2S2/c21-17(13-3-1-2-6-19-13)16-9-12-7-11(4-5-15(12)22-16)8-14-18(23)24-10-20-14/h1-7,9,14,20H,8,10H2. The lowest BCUT2D eigenvalue weighted by Gasteiger charge is -2.09. The minimum Gasteiger partial charge on any atom is -0.453 e. The van der Waals surface area contributed by atoms with E-state index in [0.717, 1.165) is 21.9 Å². The van der Waals surface area contributed by atoms with Crippen molar-refractivity contribution in [1.82, 2.24) is 10.3 Å². The van der Waals surface area contributed by atoms with Gasteiger partial charge in [-0.05, 0) is 42.3 Å². The van der Waals surface area contributed by atoms with E-state index in [1.165, 1.54) is 5.56 Å². The summed E-state index contributed by atoms with van der Waals surface area (Å²) in [5.74, 6) is 0.981. The lowest BCUT2D eigenvalue weighted by atomic mass is 10.1. The van der Waals surface area contributed by atoms with Gasteiger partial charge in [-0.25, -0.2) is 0 Å². The molecule has 1 N–H and O–H groups in total. The third kappa shape index (κ3) is 3.00. The maximum Gasteiger partial charge on any atom is 0.246 e. The van der Waals surface area contributed by atoms with Crippen LogP contribution >= 0.6 is 24.0 Å². The molecule has 1 aliphatic rings. The summed E-state index contributed by atoms with van der Waals surface area (Å²) in [5.41, 5.74) is 2.26. The van der Waals surface area contributed by atoms with Gasteiger partial charge >= 0.3 is 0 Å². The third-order valence-electron chi connectivity index (χ3n) is 3.97. The number of hydrogen-bond donors (Lipinski definition) is 1. The number of furan rings is 1. The molecule has 0 saturated carbocycles. The van der Waals surface area contributed by atoms with E-state index in [1.54, 1.807) is 42.2 Å². The highest BCUT2D eigenvalue weighted by molar-refractivity contribution is 8.23. The molecule has 24 heavy (non-hydrogen) atoms. The first-order valence-corrected chi connectivity index (χ1v) is 8.98. The molecular weight excluding hydrogens is 340 g/mol. The number of pyridine rings is 1. The van der Waals surface area contributed by atoms with E-state index in [2.05, 4.69) is 16.4 Å². The molecule has 0 bridgehead atoms. The molecule has 1 fully saturated rings. The van der Waals surface area contributed by atoms with E-state index < -0.39 is 0 Å². The molecule has 6 heteroatoms. The molecule has 4 nitrogen and oxygen atoms in total. The smallest absolute Gasteiger partial charge is 0.246 e. The Labute approximate surface area is 148 Å². The minimum atomic E-state index is -0.205. The Balaban J connectivity index is 1.61. The highest BCUT2D eigenvalue weighted by atomic mass is 32.2. The molecule has 1 aromatic carbocycles. The van der Waals surface area contributed by atoms with Crippen LogP contribution in [-0.4, -0.2) is 26.9 Å². The summed E-state index contributed by atoms with van der Waals surface area (Å²) in [6.07, 6.45) is 2.44. The van der Waals surface area contributed by atoms with E-state index in [-0.39, 0.29) is 11.8 Å². The summed E-state index contributed by atoms with van der Waals surface area (Å²) < 4.78 is 6.70. The molecule has 0 amide bonds. The molecule has 0 aliphatic carbocycles. The van der Waals surface area contributed by atoms with Crippen molar-refractivity contribution in [3.8, 4) is 0 Å². The first-order chi connectivity index (χ1) is 11.7. The topological polar surface area (TPSA) is 55.1 Å². The van der Waals surface area contributed by atoms with Crippen LogP contribution in [0.5, 0.6) is 0 Å². The van der Waals surface area contributed by atoms with Gasteiger partial charge in [0.05, 0.1) is 10.2 Å². The summed E-state index contributed by atoms with van der Waals surface area (Å²) in [5, 5.41) is 4.30. The van der Waals surface area contributed by atoms with Gasteiger partial charge in [0.1, 0.15) is 11.3 Å². The molecule has 1 saturated heterocycles. The highest BCUT2D eigenvalue weighted by Crippen LogP contribution is 2.24. The lowest BCUT2D eigenvalue weighted by Crippen LogP contribution is -2.28. The lowest BCUT2D eigenvalue weighted by molar-refractivity contribution is 0.101. The number of thioether (sulfide) groups is 1. The highest BCUT2D eigenvalue weighted by Gasteiger charge is 2.21. The molecule has 1 unspecified atom stereocenters. The van der Waals surface area contributed by atoms with Crippen LogP contribution in [0.4, 0.5) is 0 Å². The molecule has 4 rings (SSSR count). The van der Waals surface area contributed by atoms with Gasteiger partial charge in [0.25, 0.3) is 0 Å². The average molecular weight is 354 g/mol. The fourth-order valence-electron chi connectivity index (χ4n) is 2.74. The van der Waals surface area contributed by atoms with Gasteiger partial charge in [-0.15, -0.1) is 11.8 Å². The molecule has 2 aromatic heterocycles. The Kier molecular flexibility index (Phi) is 4.18. The largest absolute Gasteiger partial charge is 0.453 e. The molecule has 0 spiro atoms. The first-order valence-electron chi connectivity index (χ1n) is 7.59. The van der Waals surface area contributed by atoms with Gasteiger partial charge in [0.2, 0.25) is 5.78 Å². The van der Waals surface area contributed by atoms with Gasteiger partial charge < -0.3 is 4.42 Å². The number of fused-ring (bicyclic) bond motifs is 1. The molecule has 3 aromatic rings. The van der Waals surface area contributed by atoms with E-state index in [4.69, 9.17) is 16.6 Å². The molecule has 1 aliphatic heterocycles. The SMILES string of the molecule is O=C(c1ccccn1)c1cc2cc(CC3NCSC3=S)ccc2o1. The minimum absolute atomic E-state index is 0.205. The number of ketones is 1. The van der Waals surface area contributed by atoms with E-state index in [1.807, 2.05) is 12.1 Å². The van der Waals surface area contributed by atoms with Gasteiger partial charge in [0, 0.05) is 17.5 Å². The summed E-state index contributed by atoms with van der Waals surface area (Å²) in [7, 11) is 0. The normalized spacial score (nSPS) is 17.5. The number of aromatic nitrogens is 1. The van der Waals surface area contributed by atoms with Crippen molar-refractivity contribution in [3.63, 3.8) is 0 Å². The predicted molar refractivity (Wildman–Crippen MR) is 99.6 cm³/mol. The van der Waals surface area contributed by atoms with Crippen LogP contribution in [0.1, 0.15) is 21.8 Å². The summed E-state index contributed by atoms with van der Waals surface area (Å²) in [6.45, 7) is 0. The Morgan fingerprint density at radius 1 is 1.33 bits per heavy atom. The quantitative estimate of drug-likeness (QED) is 0.571. The Morgan fingerprint density at radius 3 is 3.00 bits per heavy atom. The molecule has 1 atom stereocenters. The summed E-state index contributed by atoms with van der Waals surface area (Å²) in [6, 6.07) is 13.2. The van der Waals surface area contributed by atoms with Crippen LogP contribution in [0.2, 0.25) is 0 Å². The monoisotopic (exact) mass is 354 g/mol. The number of carbonyl (C=O) groups is 1. The fraction of sp³-hybridized carbons (Fsp3) is 0.167. The van der Waals surface area contributed by atoms with Crippen LogP contribution in [0.15, 0.2) is 53.1 Å². The van der Waals surface area contributed by atoms with Crippen molar-refractivity contribution in [2.75, 3.05) is 5.88 Å². The second-order valence-corrected chi connectivity index (χ2v) is 7.31. The second-order valence-electron chi connectivity index (χ2n) is 5.60. The Bertz CT molecular complexity index is 921. The van der Waals surface area contributed by atoms with Crippen molar-refractivity contribution >= 4 is 44.9 Å². The van der Waals surface area contributed by atoms with Crippen molar-refractivity contribution in [2.45, 2.75) is 12.5 Å². The van der Waals surface area contributed by atoms with Crippen molar-refractivity contribution in [2.24, 2.45) is 0 Å². The zero-order chi connectivity index (χ0) is 16.5. The molecular formula is C18H14N2O2S2. The third-order valence-corrected chi connectivity index (χ3v) is 5.49. The molecule has 120 valence electrons. The number of nitrogens with zero attached hydrogens (tertiary/aromatic N) is 1. The van der Waals surface area contributed by atoms with Crippen LogP contribution in [-0.2, 0) is 6.42 Å². The van der Waals surface area contributed by atoms with Gasteiger partial charge in [-0.2, -0.15) is 0 Å². The summed E-state index contributed by atoms with van der Waals surface area (Å²) >= 11 is 7.04. The van der Waals surface area contributed by atoms with E-state index in [9.17, 15) is 4.79 Å². The maximum atomic E-state index is 12.4. The number of nitrogens with one attached hydrogen (secondary N) is 1. The number of carbonyl (C=O) groups excluding carboxylic acids is 1. The first kappa shape index (κ1) is 15.5. The number of hydrogen-bond acceptors (Lipinski definition) is 6. The Morgan fingerprint density at radius 2 is 2.25 bits per heavy atom. The second kappa shape index (κ2) is 6.47. The Hall–Kier alpha value is -2.02.